The Morgan fingerprint density at radius 2 is 1.91 bits per heavy atom. The number of carbonyl (C=O) groups is 1. The van der Waals surface area contributed by atoms with E-state index < -0.39 is 0 Å². The molecule has 4 aromatic rings. The maximum absolute atomic E-state index is 13.8. The van der Waals surface area contributed by atoms with E-state index in [0.717, 1.165) is 27.8 Å². The van der Waals surface area contributed by atoms with Crippen molar-refractivity contribution in [1.82, 2.24) is 20.1 Å². The van der Waals surface area contributed by atoms with Crippen LogP contribution in [0.4, 0.5) is 4.39 Å². The van der Waals surface area contributed by atoms with Gasteiger partial charge in [-0.15, -0.1) is 0 Å². The average Bonchev–Trinajstić information content (AvgIpc) is 3.14. The molecule has 33 heavy (non-hydrogen) atoms. The Labute approximate surface area is 192 Å². The van der Waals surface area contributed by atoms with Crippen molar-refractivity contribution in [3.63, 3.8) is 0 Å². The molecule has 0 aliphatic rings. The Morgan fingerprint density at radius 3 is 2.64 bits per heavy atom. The monoisotopic (exact) mass is 446 g/mol. The molecule has 0 radical (unpaired) electrons. The third-order valence-corrected chi connectivity index (χ3v) is 5.60. The third-order valence-electron chi connectivity index (χ3n) is 5.60. The third kappa shape index (κ3) is 4.87. The summed E-state index contributed by atoms with van der Waals surface area (Å²) in [6, 6.07) is 16.1. The highest BCUT2D eigenvalue weighted by Gasteiger charge is 2.20. The lowest BCUT2D eigenvalue weighted by Gasteiger charge is -2.14. The summed E-state index contributed by atoms with van der Waals surface area (Å²) in [5.74, 6) is 0.109. The number of ether oxygens (including phenoxy) is 1. The Bertz CT molecular complexity index is 1280. The first-order valence-corrected chi connectivity index (χ1v) is 11.1. The lowest BCUT2D eigenvalue weighted by Crippen LogP contribution is -2.23. The standard InChI is InChI=1S/C26H27FN4O2/c1-4-33-26-22(13-14-23(32)28-16-19-9-6-5-7-10-19)17(2)24-18(3)30-31(25(24)29-26)21-12-8-11-20(27)15-21/h5-12,15H,4,13-14,16H2,1-3H3,(H,28,32). The topological polar surface area (TPSA) is 69.0 Å². The number of amides is 1. The molecule has 2 aromatic carbocycles. The van der Waals surface area contributed by atoms with E-state index in [1.54, 1.807) is 16.8 Å². The molecule has 4 rings (SSSR count). The van der Waals surface area contributed by atoms with Gasteiger partial charge in [0.05, 0.1) is 18.0 Å². The van der Waals surface area contributed by atoms with Gasteiger partial charge in [-0.3, -0.25) is 4.79 Å². The van der Waals surface area contributed by atoms with Gasteiger partial charge in [0.2, 0.25) is 11.8 Å². The molecule has 6 nitrogen and oxygen atoms in total. The van der Waals surface area contributed by atoms with E-state index in [0.29, 0.717) is 43.2 Å². The van der Waals surface area contributed by atoms with E-state index in [9.17, 15) is 9.18 Å². The number of aromatic nitrogens is 3. The van der Waals surface area contributed by atoms with Crippen molar-refractivity contribution in [2.24, 2.45) is 0 Å². The number of rotatable bonds is 8. The maximum atomic E-state index is 13.8. The van der Waals surface area contributed by atoms with Crippen LogP contribution in [-0.4, -0.2) is 27.3 Å². The summed E-state index contributed by atoms with van der Waals surface area (Å²) in [6.45, 7) is 6.73. The lowest BCUT2D eigenvalue weighted by molar-refractivity contribution is -0.121. The van der Waals surface area contributed by atoms with Crippen molar-refractivity contribution in [3.05, 3.63) is 82.8 Å². The molecule has 2 aromatic heterocycles. The minimum absolute atomic E-state index is 0.0343. The number of carbonyl (C=O) groups excluding carboxylic acids is 1. The highest BCUT2D eigenvalue weighted by atomic mass is 19.1. The van der Waals surface area contributed by atoms with E-state index in [4.69, 9.17) is 9.72 Å². The van der Waals surface area contributed by atoms with E-state index in [2.05, 4.69) is 10.4 Å². The van der Waals surface area contributed by atoms with Gasteiger partial charge in [-0.25, -0.2) is 9.07 Å². The Hall–Kier alpha value is -3.74. The number of pyridine rings is 1. The molecule has 0 saturated heterocycles. The summed E-state index contributed by atoms with van der Waals surface area (Å²) in [5.41, 5.74) is 4.91. The Balaban J connectivity index is 1.62. The smallest absolute Gasteiger partial charge is 0.220 e. The van der Waals surface area contributed by atoms with Gasteiger partial charge in [0.1, 0.15) is 5.82 Å². The van der Waals surface area contributed by atoms with Crippen LogP contribution >= 0.6 is 0 Å². The Morgan fingerprint density at radius 1 is 1.12 bits per heavy atom. The van der Waals surface area contributed by atoms with Gasteiger partial charge < -0.3 is 10.1 Å². The van der Waals surface area contributed by atoms with Gasteiger partial charge in [-0.05, 0) is 56.5 Å². The van der Waals surface area contributed by atoms with Crippen molar-refractivity contribution in [3.8, 4) is 11.6 Å². The molecule has 7 heteroatoms. The van der Waals surface area contributed by atoms with Crippen LogP contribution in [0, 0.1) is 19.7 Å². The largest absolute Gasteiger partial charge is 0.478 e. The number of hydrogen-bond acceptors (Lipinski definition) is 4. The summed E-state index contributed by atoms with van der Waals surface area (Å²) in [4.78, 5) is 17.2. The molecular formula is C26H27FN4O2. The SMILES string of the molecule is CCOc1nc2c(c(C)nn2-c2cccc(F)c2)c(C)c1CCC(=O)NCc1ccccc1. The molecule has 1 amide bonds. The number of fused-ring (bicyclic) bond motifs is 1. The zero-order valence-corrected chi connectivity index (χ0v) is 19.1. The first kappa shape index (κ1) is 22.5. The lowest BCUT2D eigenvalue weighted by atomic mass is 10.0. The highest BCUT2D eigenvalue weighted by Crippen LogP contribution is 2.32. The quantitative estimate of drug-likeness (QED) is 0.421. The fourth-order valence-electron chi connectivity index (χ4n) is 3.99. The summed E-state index contributed by atoms with van der Waals surface area (Å²) in [7, 11) is 0. The van der Waals surface area contributed by atoms with Crippen LogP contribution in [0.15, 0.2) is 54.6 Å². The van der Waals surface area contributed by atoms with Crippen molar-refractivity contribution in [2.75, 3.05) is 6.61 Å². The van der Waals surface area contributed by atoms with Gasteiger partial charge in [0.25, 0.3) is 0 Å². The van der Waals surface area contributed by atoms with Crippen molar-refractivity contribution in [1.29, 1.82) is 0 Å². The van der Waals surface area contributed by atoms with Crippen LogP contribution in [0.2, 0.25) is 0 Å². The molecule has 0 atom stereocenters. The van der Waals surface area contributed by atoms with Crippen LogP contribution < -0.4 is 10.1 Å². The number of hydrogen-bond donors (Lipinski definition) is 1. The number of benzene rings is 2. The van der Waals surface area contributed by atoms with Crippen LogP contribution in [0.25, 0.3) is 16.7 Å². The first-order valence-electron chi connectivity index (χ1n) is 11.1. The minimum Gasteiger partial charge on any atom is -0.478 e. The predicted octanol–water partition coefficient (Wildman–Crippen LogP) is 4.82. The molecule has 0 aliphatic carbocycles. The highest BCUT2D eigenvalue weighted by molar-refractivity contribution is 5.86. The van der Waals surface area contributed by atoms with Crippen molar-refractivity contribution in [2.45, 2.75) is 40.2 Å². The zero-order chi connectivity index (χ0) is 23.4. The Kier molecular flexibility index (Phi) is 6.68. The van der Waals surface area contributed by atoms with E-state index >= 15 is 0 Å². The molecule has 0 spiro atoms. The molecule has 0 aliphatic heterocycles. The molecule has 0 bridgehead atoms. The number of halogens is 1. The predicted molar refractivity (Wildman–Crippen MR) is 126 cm³/mol. The van der Waals surface area contributed by atoms with E-state index in [1.807, 2.05) is 51.1 Å². The molecule has 170 valence electrons. The second-order valence-corrected chi connectivity index (χ2v) is 7.89. The number of aryl methyl sites for hydroxylation is 2. The fraction of sp³-hybridized carbons (Fsp3) is 0.269. The second-order valence-electron chi connectivity index (χ2n) is 7.89. The van der Waals surface area contributed by atoms with Gasteiger partial charge in [0.15, 0.2) is 5.65 Å². The van der Waals surface area contributed by atoms with Gasteiger partial charge in [0, 0.05) is 23.9 Å². The van der Waals surface area contributed by atoms with Crippen LogP contribution in [0.1, 0.15) is 35.7 Å². The van der Waals surface area contributed by atoms with Crippen molar-refractivity contribution >= 4 is 16.9 Å². The summed E-state index contributed by atoms with van der Waals surface area (Å²) >= 11 is 0. The van der Waals surface area contributed by atoms with E-state index in [-0.39, 0.29) is 11.7 Å². The van der Waals surface area contributed by atoms with Crippen molar-refractivity contribution < 1.29 is 13.9 Å². The number of nitrogens with zero attached hydrogens (tertiary/aromatic N) is 3. The van der Waals surface area contributed by atoms with Gasteiger partial charge >= 0.3 is 0 Å². The molecular weight excluding hydrogens is 419 g/mol. The summed E-state index contributed by atoms with van der Waals surface area (Å²) in [6.07, 6.45) is 0.813. The van der Waals surface area contributed by atoms with E-state index in [1.165, 1.54) is 12.1 Å². The molecule has 2 heterocycles. The van der Waals surface area contributed by atoms with Crippen LogP contribution in [0.3, 0.4) is 0 Å². The van der Waals surface area contributed by atoms with Crippen LogP contribution in [-0.2, 0) is 17.8 Å². The first-order chi connectivity index (χ1) is 16.0. The molecule has 1 N–H and O–H groups in total. The normalized spacial score (nSPS) is 11.0. The zero-order valence-electron chi connectivity index (χ0n) is 19.1. The molecule has 0 unspecified atom stereocenters. The van der Waals surface area contributed by atoms with Gasteiger partial charge in [-0.2, -0.15) is 10.1 Å². The summed E-state index contributed by atoms with van der Waals surface area (Å²) < 4.78 is 21.3. The summed E-state index contributed by atoms with van der Waals surface area (Å²) in [5, 5.41) is 8.47. The fourth-order valence-corrected chi connectivity index (χ4v) is 3.99. The maximum Gasteiger partial charge on any atom is 0.220 e. The molecule has 0 saturated carbocycles. The van der Waals surface area contributed by atoms with Crippen LogP contribution in [0.5, 0.6) is 5.88 Å². The second kappa shape index (κ2) is 9.81. The molecule has 0 fully saturated rings. The van der Waals surface area contributed by atoms with Gasteiger partial charge in [-0.1, -0.05) is 36.4 Å². The average molecular weight is 447 g/mol. The minimum atomic E-state index is -0.339. The number of nitrogens with one attached hydrogen (secondary N) is 1.